The molecule has 1 N–H and O–H groups in total. The van der Waals surface area contributed by atoms with Crippen LogP contribution in [0.15, 0.2) is 0 Å². The number of hydrogen-bond donors (Lipinski definition) is 1. The first-order valence-corrected chi connectivity index (χ1v) is 5.56. The van der Waals surface area contributed by atoms with E-state index in [0.717, 1.165) is 19.6 Å². The van der Waals surface area contributed by atoms with Crippen LogP contribution in [0.1, 0.15) is 34.1 Å². The third-order valence-electron chi connectivity index (χ3n) is 2.22. The molecule has 0 fully saturated rings. The number of carbonyl (C=O) groups is 1. The maximum absolute atomic E-state index is 10.6. The highest BCUT2D eigenvalue weighted by Gasteiger charge is 2.02. The molecule has 0 heterocycles. The summed E-state index contributed by atoms with van der Waals surface area (Å²) in [6, 6.07) is 0. The molecule has 86 valence electrons. The van der Waals surface area contributed by atoms with E-state index >= 15 is 0 Å². The van der Waals surface area contributed by atoms with Crippen molar-refractivity contribution in [3.05, 3.63) is 0 Å². The highest BCUT2D eigenvalue weighted by molar-refractivity contribution is 5.66. The minimum absolute atomic E-state index is 0.0956. The molecule has 1 atom stereocenters. The molecule has 0 amide bonds. The fraction of sp³-hybridized carbons (Fsp3) is 0.750. The maximum atomic E-state index is 10.6. The van der Waals surface area contributed by atoms with E-state index in [2.05, 4.69) is 25.7 Å². The lowest BCUT2D eigenvalue weighted by Crippen LogP contribution is -3.11. The largest absolute Gasteiger partial charge is 0.462 e. The van der Waals surface area contributed by atoms with Gasteiger partial charge >= 0.3 is 5.97 Å². The average Bonchev–Trinajstić information content (AvgIpc) is 2.17. The van der Waals surface area contributed by atoms with Crippen molar-refractivity contribution in [1.29, 1.82) is 0 Å². The molecule has 0 aliphatic carbocycles. The molecule has 3 heteroatoms. The normalized spacial score (nSPS) is 11.8. The van der Waals surface area contributed by atoms with Gasteiger partial charge in [0.05, 0.1) is 13.1 Å². The average molecular weight is 212 g/mol. The monoisotopic (exact) mass is 212 g/mol. The fourth-order valence-corrected chi connectivity index (χ4v) is 1.23. The van der Waals surface area contributed by atoms with Gasteiger partial charge in [-0.25, -0.2) is 0 Å². The van der Waals surface area contributed by atoms with Crippen LogP contribution in [0.5, 0.6) is 0 Å². The van der Waals surface area contributed by atoms with Crippen molar-refractivity contribution < 1.29 is 14.4 Å². The zero-order valence-corrected chi connectivity index (χ0v) is 10.2. The molecule has 3 nitrogen and oxygen atoms in total. The Balaban J connectivity index is 3.74. The Morgan fingerprint density at radius 1 is 1.33 bits per heavy atom. The molecule has 0 saturated heterocycles. The minimum Gasteiger partial charge on any atom is -0.462 e. The Bertz CT molecular complexity index is 236. The van der Waals surface area contributed by atoms with Crippen molar-refractivity contribution in [2.24, 2.45) is 0 Å². The van der Waals surface area contributed by atoms with Gasteiger partial charge in [-0.05, 0) is 26.7 Å². The van der Waals surface area contributed by atoms with Crippen LogP contribution < -0.4 is 4.90 Å². The first-order valence-electron chi connectivity index (χ1n) is 5.56. The Labute approximate surface area is 92.8 Å². The summed E-state index contributed by atoms with van der Waals surface area (Å²) in [6.45, 7) is 10.7. The number of nitrogens with one attached hydrogen (secondary N) is 1. The standard InChI is InChI=1S/C12H21NO2/c1-5-13(6-2)10-8-7-9-11(3)15-12(4)14/h11H,5-6,9-10H2,1-4H3/p+1. The molecular weight excluding hydrogens is 190 g/mol. The summed E-state index contributed by atoms with van der Waals surface area (Å²) >= 11 is 0. The minimum atomic E-state index is -0.237. The van der Waals surface area contributed by atoms with Crippen molar-refractivity contribution >= 4 is 5.97 Å². The molecule has 0 aromatic carbocycles. The predicted octanol–water partition coefficient (Wildman–Crippen LogP) is 0.256. The van der Waals surface area contributed by atoms with E-state index in [0.29, 0.717) is 6.42 Å². The van der Waals surface area contributed by atoms with Crippen LogP contribution in [-0.4, -0.2) is 31.7 Å². The Morgan fingerprint density at radius 2 is 1.93 bits per heavy atom. The van der Waals surface area contributed by atoms with Crippen LogP contribution in [0.4, 0.5) is 0 Å². The van der Waals surface area contributed by atoms with Crippen molar-refractivity contribution in [1.82, 2.24) is 0 Å². The number of carbonyl (C=O) groups excluding carboxylic acids is 1. The molecular formula is C12H22NO2+. The summed E-state index contributed by atoms with van der Waals surface area (Å²) in [7, 11) is 0. The van der Waals surface area contributed by atoms with Crippen molar-refractivity contribution in [3.8, 4) is 11.8 Å². The molecule has 0 spiro atoms. The first-order chi connectivity index (χ1) is 7.10. The van der Waals surface area contributed by atoms with E-state index in [1.807, 2.05) is 6.92 Å². The van der Waals surface area contributed by atoms with E-state index in [4.69, 9.17) is 4.74 Å². The Morgan fingerprint density at radius 3 is 2.40 bits per heavy atom. The van der Waals surface area contributed by atoms with Crippen LogP contribution in [0.2, 0.25) is 0 Å². The lowest BCUT2D eigenvalue weighted by Gasteiger charge is -2.11. The summed E-state index contributed by atoms with van der Waals surface area (Å²) in [5, 5.41) is 0. The molecule has 0 radical (unpaired) electrons. The molecule has 1 unspecified atom stereocenters. The van der Waals surface area contributed by atoms with E-state index in [9.17, 15) is 4.79 Å². The lowest BCUT2D eigenvalue weighted by molar-refractivity contribution is -0.889. The molecule has 0 aliphatic heterocycles. The summed E-state index contributed by atoms with van der Waals surface area (Å²) in [5.74, 6) is 5.92. The van der Waals surface area contributed by atoms with E-state index in [-0.39, 0.29) is 12.1 Å². The molecule has 0 aromatic rings. The lowest BCUT2D eigenvalue weighted by atomic mass is 10.3. The number of ether oxygens (including phenoxy) is 1. The molecule has 0 aliphatic rings. The summed E-state index contributed by atoms with van der Waals surface area (Å²) in [6.07, 6.45) is 0.530. The van der Waals surface area contributed by atoms with Gasteiger partial charge in [0.25, 0.3) is 0 Å². The van der Waals surface area contributed by atoms with Crippen LogP contribution in [0.25, 0.3) is 0 Å². The summed E-state index contributed by atoms with van der Waals surface area (Å²) in [5.41, 5.74) is 0. The second-order valence-electron chi connectivity index (χ2n) is 3.61. The van der Waals surface area contributed by atoms with Crippen LogP contribution in [-0.2, 0) is 9.53 Å². The van der Waals surface area contributed by atoms with Crippen LogP contribution >= 0.6 is 0 Å². The topological polar surface area (TPSA) is 30.7 Å². The van der Waals surface area contributed by atoms with Gasteiger partial charge in [0.15, 0.2) is 0 Å². The number of hydrogen-bond acceptors (Lipinski definition) is 2. The predicted molar refractivity (Wildman–Crippen MR) is 60.5 cm³/mol. The second kappa shape index (κ2) is 8.31. The Hall–Kier alpha value is -1.01. The maximum Gasteiger partial charge on any atom is 0.302 e. The quantitative estimate of drug-likeness (QED) is 0.523. The van der Waals surface area contributed by atoms with Crippen LogP contribution in [0.3, 0.4) is 0 Å². The zero-order valence-electron chi connectivity index (χ0n) is 10.2. The third-order valence-corrected chi connectivity index (χ3v) is 2.22. The molecule has 0 saturated carbocycles. The van der Waals surface area contributed by atoms with Gasteiger partial charge in [0.2, 0.25) is 0 Å². The van der Waals surface area contributed by atoms with Crippen molar-refractivity contribution in [2.45, 2.75) is 40.2 Å². The van der Waals surface area contributed by atoms with Gasteiger partial charge in [-0.15, -0.1) is 0 Å². The van der Waals surface area contributed by atoms with Gasteiger partial charge in [-0.3, -0.25) is 4.79 Å². The molecule has 0 rings (SSSR count). The van der Waals surface area contributed by atoms with Gasteiger partial charge in [0, 0.05) is 13.3 Å². The van der Waals surface area contributed by atoms with Crippen molar-refractivity contribution in [2.75, 3.05) is 19.6 Å². The SMILES string of the molecule is CC[NH+](CC)CC#CCC(C)OC(C)=O. The van der Waals surface area contributed by atoms with Gasteiger partial charge in [0.1, 0.15) is 12.6 Å². The summed E-state index contributed by atoms with van der Waals surface area (Å²) < 4.78 is 4.96. The highest BCUT2D eigenvalue weighted by atomic mass is 16.5. The first kappa shape index (κ1) is 14.0. The molecule has 0 bridgehead atoms. The molecule has 0 aromatic heterocycles. The zero-order chi connectivity index (χ0) is 11.7. The van der Waals surface area contributed by atoms with Crippen LogP contribution in [0, 0.1) is 11.8 Å². The van der Waals surface area contributed by atoms with E-state index < -0.39 is 0 Å². The second-order valence-corrected chi connectivity index (χ2v) is 3.61. The van der Waals surface area contributed by atoms with E-state index in [1.54, 1.807) is 0 Å². The highest BCUT2D eigenvalue weighted by Crippen LogP contribution is 1.95. The third kappa shape index (κ3) is 8.02. The number of rotatable bonds is 5. The Kier molecular flexibility index (Phi) is 7.75. The van der Waals surface area contributed by atoms with Gasteiger partial charge in [-0.1, -0.05) is 5.92 Å². The number of quaternary nitrogens is 1. The molecule has 15 heavy (non-hydrogen) atoms. The van der Waals surface area contributed by atoms with Crippen molar-refractivity contribution in [3.63, 3.8) is 0 Å². The summed E-state index contributed by atoms with van der Waals surface area (Å²) in [4.78, 5) is 12.1. The van der Waals surface area contributed by atoms with E-state index in [1.165, 1.54) is 11.8 Å². The van der Waals surface area contributed by atoms with Gasteiger partial charge in [-0.2, -0.15) is 0 Å². The smallest absolute Gasteiger partial charge is 0.302 e. The number of esters is 1. The fourth-order valence-electron chi connectivity index (χ4n) is 1.23. The van der Waals surface area contributed by atoms with Gasteiger partial charge < -0.3 is 9.64 Å².